The SMILES string of the molecule is CN=C/C=C1/C2C=C(C3=C/[C@H](C)C4=C(C=CCC4)N(c4ccc(-c5ccccc5)cc4)[C@H](C)/C=C\3)C=CC2N(c2cccc(-c3ccccc3)c2)C1C. The van der Waals surface area contributed by atoms with Gasteiger partial charge in [0.1, 0.15) is 0 Å². The first kappa shape index (κ1) is 34.4. The van der Waals surface area contributed by atoms with Crippen LogP contribution in [0.2, 0.25) is 0 Å². The van der Waals surface area contributed by atoms with Crippen LogP contribution < -0.4 is 9.80 Å². The molecule has 0 bridgehead atoms. The zero-order chi connectivity index (χ0) is 36.3. The zero-order valence-corrected chi connectivity index (χ0v) is 31.3. The van der Waals surface area contributed by atoms with E-state index >= 15 is 0 Å². The van der Waals surface area contributed by atoms with E-state index in [-0.39, 0.29) is 24.0 Å². The van der Waals surface area contributed by atoms with E-state index in [0.717, 1.165) is 12.8 Å². The Kier molecular flexibility index (Phi) is 9.82. The van der Waals surface area contributed by atoms with Gasteiger partial charge in [0.2, 0.25) is 0 Å². The van der Waals surface area contributed by atoms with Gasteiger partial charge in [-0.25, -0.2) is 0 Å². The van der Waals surface area contributed by atoms with E-state index in [1.54, 1.807) is 0 Å². The molecule has 3 heteroatoms. The summed E-state index contributed by atoms with van der Waals surface area (Å²) >= 11 is 0. The second-order valence-corrected chi connectivity index (χ2v) is 14.7. The fraction of sp³-hybridized carbons (Fsp3) is 0.220. The molecule has 5 atom stereocenters. The van der Waals surface area contributed by atoms with Crippen molar-refractivity contribution in [1.29, 1.82) is 0 Å². The molecule has 4 aromatic rings. The van der Waals surface area contributed by atoms with Gasteiger partial charge in [0.05, 0.1) is 6.04 Å². The van der Waals surface area contributed by atoms with Crippen LogP contribution in [0.5, 0.6) is 0 Å². The molecule has 3 nitrogen and oxygen atoms in total. The van der Waals surface area contributed by atoms with Crippen molar-refractivity contribution in [3.8, 4) is 22.3 Å². The number of allylic oxidation sites excluding steroid dienone is 9. The first-order chi connectivity index (χ1) is 26.0. The molecule has 0 spiro atoms. The lowest BCUT2D eigenvalue weighted by Gasteiger charge is -2.34. The molecule has 2 aliphatic heterocycles. The lowest BCUT2D eigenvalue weighted by molar-refractivity contribution is 0.681. The van der Waals surface area contributed by atoms with E-state index in [9.17, 15) is 0 Å². The molecule has 0 amide bonds. The smallest absolute Gasteiger partial charge is 0.0583 e. The molecule has 1 saturated heterocycles. The summed E-state index contributed by atoms with van der Waals surface area (Å²) in [5.74, 6) is 0.532. The van der Waals surface area contributed by atoms with Gasteiger partial charge in [0.15, 0.2) is 0 Å². The van der Waals surface area contributed by atoms with Crippen molar-refractivity contribution in [2.24, 2.45) is 16.8 Å². The number of fused-ring (bicyclic) bond motifs is 1. The Balaban J connectivity index is 1.14. The number of hydrogen-bond acceptors (Lipinski definition) is 3. The molecule has 4 aliphatic rings. The summed E-state index contributed by atoms with van der Waals surface area (Å²) in [6, 6.07) is 40.1. The standard InChI is InChI=1S/C50H49N3/c1-35-32-42(23-22-36(2)52(49-21-12-11-20-46(35)49)44-27-24-40(25-28-44)38-14-7-5-8-15-38)43-26-29-50-48(34-43)47(30-31-51-4)37(3)53(50)45-19-13-18-41(33-45)39-16-9-6-10-17-39/h5-10,12-19,21-37,48,50H,11,20H2,1-4H3/b23-22-,42-32+,47-30+,51-31?/t35-,36+,37?,48?,50?/m0/s1. The second-order valence-electron chi connectivity index (χ2n) is 14.7. The van der Waals surface area contributed by atoms with Crippen molar-refractivity contribution < 1.29 is 0 Å². The van der Waals surface area contributed by atoms with Gasteiger partial charge < -0.3 is 9.80 Å². The Morgan fingerprint density at radius 3 is 2.06 bits per heavy atom. The molecule has 8 rings (SSSR count). The third-order valence-corrected chi connectivity index (χ3v) is 11.4. The summed E-state index contributed by atoms with van der Waals surface area (Å²) in [4.78, 5) is 9.51. The fourth-order valence-electron chi connectivity index (χ4n) is 8.75. The first-order valence-electron chi connectivity index (χ1n) is 19.2. The van der Waals surface area contributed by atoms with Crippen LogP contribution in [0.1, 0.15) is 33.6 Å². The molecular formula is C50H49N3. The van der Waals surface area contributed by atoms with E-state index in [2.05, 4.69) is 199 Å². The summed E-state index contributed by atoms with van der Waals surface area (Å²) in [5, 5.41) is 0. The highest BCUT2D eigenvalue weighted by atomic mass is 15.2. The van der Waals surface area contributed by atoms with Crippen molar-refractivity contribution in [3.63, 3.8) is 0 Å². The number of benzene rings is 4. The van der Waals surface area contributed by atoms with Gasteiger partial charge in [-0.05, 0) is 114 Å². The average molecular weight is 692 g/mol. The number of nitrogens with zero attached hydrogens (tertiary/aromatic N) is 3. The predicted molar refractivity (Wildman–Crippen MR) is 226 cm³/mol. The maximum atomic E-state index is 4.38. The molecule has 3 unspecified atom stereocenters. The van der Waals surface area contributed by atoms with Crippen molar-refractivity contribution in [3.05, 3.63) is 192 Å². The maximum absolute atomic E-state index is 4.38. The van der Waals surface area contributed by atoms with Crippen LogP contribution in [-0.2, 0) is 0 Å². The Hall–Kier alpha value is -5.67. The van der Waals surface area contributed by atoms with Crippen molar-refractivity contribution in [2.45, 2.75) is 51.7 Å². The van der Waals surface area contributed by atoms with Crippen LogP contribution in [-0.4, -0.2) is 31.4 Å². The highest BCUT2D eigenvalue weighted by molar-refractivity contribution is 5.76. The van der Waals surface area contributed by atoms with Crippen molar-refractivity contribution >= 4 is 17.6 Å². The first-order valence-corrected chi connectivity index (χ1v) is 19.2. The normalized spacial score (nSPS) is 26.4. The van der Waals surface area contributed by atoms with Gasteiger partial charge in [-0.1, -0.05) is 134 Å². The minimum atomic E-state index is 0.162. The summed E-state index contributed by atoms with van der Waals surface area (Å²) in [7, 11) is 1.86. The van der Waals surface area contributed by atoms with Crippen LogP contribution in [0.3, 0.4) is 0 Å². The highest BCUT2D eigenvalue weighted by Gasteiger charge is 2.42. The minimum Gasteiger partial charge on any atom is -0.358 e. The van der Waals surface area contributed by atoms with Crippen LogP contribution >= 0.6 is 0 Å². The molecule has 0 N–H and O–H groups in total. The lowest BCUT2D eigenvalue weighted by Crippen LogP contribution is -2.35. The molecule has 0 radical (unpaired) electrons. The summed E-state index contributed by atoms with van der Waals surface area (Å²) in [6.45, 7) is 7.06. The van der Waals surface area contributed by atoms with Crippen LogP contribution in [0, 0.1) is 11.8 Å². The lowest BCUT2D eigenvalue weighted by atomic mass is 9.83. The van der Waals surface area contributed by atoms with E-state index in [0.29, 0.717) is 5.92 Å². The molecule has 0 saturated carbocycles. The van der Waals surface area contributed by atoms with Crippen LogP contribution in [0.15, 0.2) is 197 Å². The quantitative estimate of drug-likeness (QED) is 0.187. The van der Waals surface area contributed by atoms with Crippen molar-refractivity contribution in [2.75, 3.05) is 16.8 Å². The zero-order valence-electron chi connectivity index (χ0n) is 31.3. The Bertz CT molecular complexity index is 2190. The number of hydrogen-bond donors (Lipinski definition) is 0. The number of rotatable bonds is 6. The van der Waals surface area contributed by atoms with E-state index in [1.165, 1.54) is 61.6 Å². The van der Waals surface area contributed by atoms with Gasteiger partial charge in [-0.15, -0.1) is 0 Å². The van der Waals surface area contributed by atoms with Crippen LogP contribution in [0.4, 0.5) is 11.4 Å². The molecule has 0 aromatic heterocycles. The second kappa shape index (κ2) is 15.1. The Labute approximate surface area is 316 Å². The summed E-state index contributed by atoms with van der Waals surface area (Å²) in [6.07, 6.45) is 25.7. The van der Waals surface area contributed by atoms with E-state index < -0.39 is 0 Å². The minimum absolute atomic E-state index is 0.162. The molecular weight excluding hydrogens is 643 g/mol. The summed E-state index contributed by atoms with van der Waals surface area (Å²) in [5.41, 5.74) is 14.3. The topological polar surface area (TPSA) is 18.8 Å². The van der Waals surface area contributed by atoms with Gasteiger partial charge >= 0.3 is 0 Å². The van der Waals surface area contributed by atoms with E-state index in [1.807, 2.05) is 13.3 Å². The van der Waals surface area contributed by atoms with Gasteiger partial charge in [-0.2, -0.15) is 0 Å². The molecule has 2 heterocycles. The highest BCUT2D eigenvalue weighted by Crippen LogP contribution is 2.44. The maximum Gasteiger partial charge on any atom is 0.0583 e. The molecule has 264 valence electrons. The summed E-state index contributed by atoms with van der Waals surface area (Å²) < 4.78 is 0. The van der Waals surface area contributed by atoms with Crippen LogP contribution in [0.25, 0.3) is 22.3 Å². The van der Waals surface area contributed by atoms with Gasteiger partial charge in [-0.3, -0.25) is 4.99 Å². The van der Waals surface area contributed by atoms with Gasteiger partial charge in [0, 0.05) is 48.3 Å². The average Bonchev–Trinajstić information content (AvgIpc) is 3.51. The van der Waals surface area contributed by atoms with Crippen molar-refractivity contribution in [1.82, 2.24) is 0 Å². The molecule has 4 aromatic carbocycles. The Morgan fingerprint density at radius 1 is 0.660 bits per heavy atom. The third-order valence-electron chi connectivity index (χ3n) is 11.4. The predicted octanol–water partition coefficient (Wildman–Crippen LogP) is 12.0. The number of anilines is 2. The molecule has 2 aliphatic carbocycles. The Morgan fingerprint density at radius 2 is 1.32 bits per heavy atom. The fourth-order valence-corrected chi connectivity index (χ4v) is 8.75. The monoisotopic (exact) mass is 691 g/mol. The largest absolute Gasteiger partial charge is 0.358 e. The molecule has 1 fully saturated rings. The van der Waals surface area contributed by atoms with Gasteiger partial charge in [0.25, 0.3) is 0 Å². The van der Waals surface area contributed by atoms with E-state index in [4.69, 9.17) is 0 Å². The number of aliphatic imine (C=N–C) groups is 1. The molecule has 53 heavy (non-hydrogen) atoms. The third kappa shape index (κ3) is 6.84.